The van der Waals surface area contributed by atoms with Gasteiger partial charge in [-0.05, 0) is 35.9 Å². The molecular weight excluding hydrogens is 487 g/mol. The first-order valence-corrected chi connectivity index (χ1v) is 11.9. The largest absolute Gasteiger partial charge is 0.494 e. The zero-order valence-corrected chi connectivity index (χ0v) is 19.5. The summed E-state index contributed by atoms with van der Waals surface area (Å²) in [4.78, 5) is 2.96. The lowest BCUT2D eigenvalue weighted by molar-refractivity contribution is 0.416. The Bertz CT molecular complexity index is 1440. The molecule has 0 aliphatic carbocycles. The first-order valence-electron chi connectivity index (χ1n) is 9.62. The molecule has 0 aliphatic rings. The summed E-state index contributed by atoms with van der Waals surface area (Å²) < 4.78 is 32.5. The van der Waals surface area contributed by atoms with E-state index in [0.29, 0.717) is 21.6 Å². The van der Waals surface area contributed by atoms with Gasteiger partial charge in [-0.3, -0.25) is 0 Å². The van der Waals surface area contributed by atoms with Gasteiger partial charge in [0.2, 0.25) is 15.9 Å². The molecule has 0 unspecified atom stereocenters. The molecule has 8 nitrogen and oxygen atoms in total. The molecule has 1 heterocycles. The third kappa shape index (κ3) is 4.81. The highest BCUT2D eigenvalue weighted by Gasteiger charge is 2.20. The normalized spacial score (nSPS) is 12.0. The lowest BCUT2D eigenvalue weighted by Gasteiger charge is -2.07. The smallest absolute Gasteiger partial charge is 0.240 e. The molecule has 3 N–H and O–H groups in total. The number of halogens is 2. The van der Waals surface area contributed by atoms with Crippen molar-refractivity contribution in [3.05, 3.63) is 76.3 Å². The van der Waals surface area contributed by atoms with Crippen molar-refractivity contribution >= 4 is 55.5 Å². The molecule has 0 saturated heterocycles. The highest BCUT2D eigenvalue weighted by atomic mass is 35.5. The summed E-state index contributed by atoms with van der Waals surface area (Å²) in [5.74, 6) is 0.0514. The van der Waals surface area contributed by atoms with E-state index in [1.165, 1.54) is 19.2 Å². The van der Waals surface area contributed by atoms with Crippen LogP contribution in [-0.4, -0.2) is 25.6 Å². The van der Waals surface area contributed by atoms with E-state index in [0.717, 1.165) is 5.56 Å². The lowest BCUT2D eigenvalue weighted by Crippen LogP contribution is -2.23. The number of nitrogens with one attached hydrogen (secondary N) is 2. The van der Waals surface area contributed by atoms with E-state index < -0.39 is 10.0 Å². The fourth-order valence-electron chi connectivity index (χ4n) is 3.17. The average Bonchev–Trinajstić information content (AvgIpc) is 3.12. The van der Waals surface area contributed by atoms with Gasteiger partial charge < -0.3 is 14.8 Å². The molecule has 0 amide bonds. The summed E-state index contributed by atoms with van der Waals surface area (Å²) in [6.45, 7) is 0.119. The molecule has 11 heteroatoms. The summed E-state index contributed by atoms with van der Waals surface area (Å²) in [6.07, 6.45) is 0. The SMILES string of the molecule is COc1c(Cl)cc2[nH]c(O)c(N=Nc3ccc(CNS(=O)(=O)c4ccccc4)cc3)c2c1Cl. The van der Waals surface area contributed by atoms with Crippen LogP contribution in [0.1, 0.15) is 5.56 Å². The first-order chi connectivity index (χ1) is 15.8. The molecule has 0 bridgehead atoms. The van der Waals surface area contributed by atoms with E-state index >= 15 is 0 Å². The fraction of sp³-hybridized carbons (Fsp3) is 0.0909. The Balaban J connectivity index is 1.52. The minimum absolute atomic E-state index is 0.119. The second-order valence-electron chi connectivity index (χ2n) is 6.95. The van der Waals surface area contributed by atoms with Crippen LogP contribution >= 0.6 is 23.2 Å². The second kappa shape index (κ2) is 9.40. The Hall–Kier alpha value is -3.11. The summed E-state index contributed by atoms with van der Waals surface area (Å²) >= 11 is 12.5. The number of azo groups is 1. The highest BCUT2D eigenvalue weighted by Crippen LogP contribution is 2.46. The van der Waals surface area contributed by atoms with E-state index in [9.17, 15) is 13.5 Å². The number of H-pyrrole nitrogens is 1. The average molecular weight is 505 g/mol. The zero-order valence-electron chi connectivity index (χ0n) is 17.2. The Morgan fingerprint density at radius 2 is 1.76 bits per heavy atom. The molecule has 0 aliphatic heterocycles. The molecule has 0 radical (unpaired) electrons. The van der Waals surface area contributed by atoms with E-state index in [1.807, 2.05) is 0 Å². The van der Waals surface area contributed by atoms with Crippen LogP contribution in [0.2, 0.25) is 10.0 Å². The maximum atomic E-state index is 12.3. The van der Waals surface area contributed by atoms with Gasteiger partial charge in [0, 0.05) is 6.54 Å². The van der Waals surface area contributed by atoms with E-state index in [-0.39, 0.29) is 33.8 Å². The number of fused-ring (bicyclic) bond motifs is 1. The predicted octanol–water partition coefficient (Wildman–Crippen LogP) is 6.08. The van der Waals surface area contributed by atoms with Gasteiger partial charge in [0.05, 0.1) is 38.6 Å². The van der Waals surface area contributed by atoms with Crippen molar-refractivity contribution in [2.45, 2.75) is 11.4 Å². The number of aromatic nitrogens is 1. The van der Waals surface area contributed by atoms with Crippen LogP contribution in [-0.2, 0) is 16.6 Å². The number of hydrogen-bond donors (Lipinski definition) is 3. The number of rotatable bonds is 7. The zero-order chi connectivity index (χ0) is 23.6. The third-order valence-corrected chi connectivity index (χ3v) is 6.87. The summed E-state index contributed by atoms with van der Waals surface area (Å²) in [7, 11) is -2.16. The van der Waals surface area contributed by atoms with Crippen LogP contribution in [0.4, 0.5) is 11.4 Å². The van der Waals surface area contributed by atoms with Gasteiger partial charge in [-0.25, -0.2) is 13.1 Å². The molecule has 0 atom stereocenters. The number of nitrogens with zero attached hydrogens (tertiary/aromatic N) is 2. The molecule has 4 aromatic rings. The number of hydrogen-bond acceptors (Lipinski definition) is 6. The van der Waals surface area contributed by atoms with Gasteiger partial charge in [-0.15, -0.1) is 5.11 Å². The predicted molar refractivity (Wildman–Crippen MR) is 128 cm³/mol. The Morgan fingerprint density at radius 3 is 2.42 bits per heavy atom. The van der Waals surface area contributed by atoms with Crippen molar-refractivity contribution in [2.75, 3.05) is 7.11 Å². The maximum absolute atomic E-state index is 12.3. The summed E-state index contributed by atoms with van der Waals surface area (Å²) in [5.41, 5.74) is 1.87. The molecule has 0 spiro atoms. The van der Waals surface area contributed by atoms with Crippen molar-refractivity contribution in [1.29, 1.82) is 0 Å². The van der Waals surface area contributed by atoms with E-state index in [2.05, 4.69) is 19.9 Å². The van der Waals surface area contributed by atoms with Crippen molar-refractivity contribution in [2.24, 2.45) is 10.2 Å². The molecule has 170 valence electrons. The molecule has 3 aromatic carbocycles. The van der Waals surface area contributed by atoms with Crippen LogP contribution in [0.3, 0.4) is 0 Å². The topological polar surface area (TPSA) is 116 Å². The van der Waals surface area contributed by atoms with Gasteiger partial charge in [-0.2, -0.15) is 5.11 Å². The number of ether oxygens (including phenoxy) is 1. The quantitative estimate of drug-likeness (QED) is 0.264. The minimum Gasteiger partial charge on any atom is -0.494 e. The molecule has 33 heavy (non-hydrogen) atoms. The van der Waals surface area contributed by atoms with Crippen molar-refractivity contribution in [3.63, 3.8) is 0 Å². The summed E-state index contributed by atoms with van der Waals surface area (Å²) in [5, 5.41) is 19.5. The van der Waals surface area contributed by atoms with Crippen LogP contribution in [0, 0.1) is 0 Å². The van der Waals surface area contributed by atoms with Gasteiger partial charge >= 0.3 is 0 Å². The molecule has 0 fully saturated rings. The van der Waals surface area contributed by atoms with Crippen molar-refractivity contribution < 1.29 is 18.3 Å². The van der Waals surface area contributed by atoms with Gasteiger partial charge in [-0.1, -0.05) is 53.5 Å². The standard InChI is InChI=1S/C22H18Cl2N4O4S/c1-32-21-16(23)11-17-18(19(21)24)20(22(29)26-17)28-27-14-9-7-13(8-10-14)12-25-33(30,31)15-5-3-2-4-6-15/h2-11,25-26,29H,12H2,1H3. The van der Waals surface area contributed by atoms with Crippen LogP contribution in [0.25, 0.3) is 10.9 Å². The Labute approximate surface area is 199 Å². The van der Waals surface area contributed by atoms with Crippen molar-refractivity contribution in [3.8, 4) is 11.6 Å². The number of aromatic hydroxyl groups is 1. The molecule has 4 rings (SSSR count). The minimum atomic E-state index is -3.60. The third-order valence-electron chi connectivity index (χ3n) is 4.82. The first kappa shape index (κ1) is 23.1. The second-order valence-corrected chi connectivity index (χ2v) is 9.51. The Morgan fingerprint density at radius 1 is 1.06 bits per heavy atom. The summed E-state index contributed by atoms with van der Waals surface area (Å²) in [6, 6.07) is 16.5. The lowest BCUT2D eigenvalue weighted by atomic mass is 10.2. The monoisotopic (exact) mass is 504 g/mol. The molecule has 1 aromatic heterocycles. The van der Waals surface area contributed by atoms with Gasteiger partial charge in [0.15, 0.2) is 11.4 Å². The number of sulfonamides is 1. The van der Waals surface area contributed by atoms with E-state index in [4.69, 9.17) is 27.9 Å². The van der Waals surface area contributed by atoms with Gasteiger partial charge in [0.25, 0.3) is 0 Å². The van der Waals surface area contributed by atoms with Crippen LogP contribution < -0.4 is 9.46 Å². The number of methoxy groups -OCH3 is 1. The number of aromatic amines is 1. The fourth-order valence-corrected chi connectivity index (χ4v) is 4.91. The Kier molecular flexibility index (Phi) is 6.57. The van der Waals surface area contributed by atoms with Crippen LogP contribution in [0.5, 0.6) is 11.6 Å². The van der Waals surface area contributed by atoms with Crippen molar-refractivity contribution in [1.82, 2.24) is 9.71 Å². The molecular formula is C22H18Cl2N4O4S. The van der Waals surface area contributed by atoms with Gasteiger partial charge in [0.1, 0.15) is 0 Å². The van der Waals surface area contributed by atoms with Crippen LogP contribution in [0.15, 0.2) is 75.8 Å². The van der Waals surface area contributed by atoms with E-state index in [1.54, 1.807) is 48.5 Å². The molecule has 0 saturated carbocycles. The number of benzene rings is 3. The highest BCUT2D eigenvalue weighted by molar-refractivity contribution is 7.89. The maximum Gasteiger partial charge on any atom is 0.240 e.